The summed E-state index contributed by atoms with van der Waals surface area (Å²) in [4.78, 5) is 40.1. The van der Waals surface area contributed by atoms with Gasteiger partial charge in [-0.1, -0.05) is 65.0 Å². The van der Waals surface area contributed by atoms with Crippen LogP contribution in [0.25, 0.3) is 5.57 Å². The van der Waals surface area contributed by atoms with E-state index in [0.29, 0.717) is 54.7 Å². The van der Waals surface area contributed by atoms with Crippen molar-refractivity contribution in [3.63, 3.8) is 0 Å². The Morgan fingerprint density at radius 2 is 1.67 bits per heavy atom. The molecule has 1 aromatic carbocycles. The molecule has 9 atom stereocenters. The number of carbonyl (C=O) groups is 3. The van der Waals surface area contributed by atoms with Crippen molar-refractivity contribution in [3.8, 4) is 0 Å². The lowest BCUT2D eigenvalue weighted by molar-refractivity contribution is -0.225. The number of nitrogens with zero attached hydrogens (tertiary/aromatic N) is 1. The van der Waals surface area contributed by atoms with Crippen LogP contribution in [0, 0.1) is 56.7 Å². The van der Waals surface area contributed by atoms with Gasteiger partial charge < -0.3 is 15.3 Å². The highest BCUT2D eigenvalue weighted by molar-refractivity contribution is 5.88. The topological polar surface area (TPSA) is 86.7 Å². The zero-order valence-corrected chi connectivity index (χ0v) is 31.0. The molecule has 0 bridgehead atoms. The molecule has 0 aromatic heterocycles. The van der Waals surface area contributed by atoms with Crippen LogP contribution in [-0.2, 0) is 9.59 Å². The molecule has 2 amide bonds. The van der Waals surface area contributed by atoms with Crippen molar-refractivity contribution in [2.24, 2.45) is 56.7 Å². The highest BCUT2D eigenvalue weighted by Crippen LogP contribution is 2.77. The Kier molecular flexibility index (Phi) is 8.35. The van der Waals surface area contributed by atoms with Gasteiger partial charge in [0.2, 0.25) is 11.8 Å². The van der Waals surface area contributed by atoms with Crippen molar-refractivity contribution < 1.29 is 19.5 Å². The Bertz CT molecular complexity index is 1580. The first-order valence-electron chi connectivity index (χ1n) is 19.4. The van der Waals surface area contributed by atoms with Crippen molar-refractivity contribution in [3.05, 3.63) is 53.6 Å². The minimum atomic E-state index is -0.880. The Labute approximate surface area is 294 Å². The fourth-order valence-corrected chi connectivity index (χ4v) is 13.8. The van der Waals surface area contributed by atoms with E-state index >= 15 is 0 Å². The second kappa shape index (κ2) is 11.8. The van der Waals surface area contributed by atoms with E-state index in [1.165, 1.54) is 36.8 Å². The second-order valence-corrected chi connectivity index (χ2v) is 18.5. The first-order chi connectivity index (χ1) is 23.1. The van der Waals surface area contributed by atoms with Crippen LogP contribution in [0.5, 0.6) is 0 Å². The summed E-state index contributed by atoms with van der Waals surface area (Å²) in [7, 11) is 0. The fourth-order valence-electron chi connectivity index (χ4n) is 13.8. The summed E-state index contributed by atoms with van der Waals surface area (Å²) in [5, 5.41) is 12.9. The lowest BCUT2D eigenvalue weighted by Crippen LogP contribution is -2.66. The van der Waals surface area contributed by atoms with E-state index in [-0.39, 0.29) is 38.9 Å². The van der Waals surface area contributed by atoms with Gasteiger partial charge in [0.15, 0.2) is 0 Å². The number of aromatic carboxylic acids is 1. The molecule has 5 aliphatic carbocycles. The number of benzene rings is 1. The maximum Gasteiger partial charge on any atom is 0.335 e. The second-order valence-electron chi connectivity index (χ2n) is 18.5. The summed E-state index contributed by atoms with van der Waals surface area (Å²) in [5.41, 5.74) is 4.27. The summed E-state index contributed by atoms with van der Waals surface area (Å²) < 4.78 is 0. The average Bonchev–Trinajstić information content (AvgIpc) is 3.65. The van der Waals surface area contributed by atoms with E-state index in [1.54, 1.807) is 12.1 Å². The molecule has 1 aromatic rings. The minimum absolute atomic E-state index is 0.0210. The Balaban J connectivity index is 1.17. The van der Waals surface area contributed by atoms with Crippen molar-refractivity contribution in [2.75, 3.05) is 19.6 Å². The Hall–Kier alpha value is -2.89. The van der Waals surface area contributed by atoms with Crippen LogP contribution in [0.2, 0.25) is 0 Å². The number of nitrogens with one attached hydrogen (secondary N) is 1. The summed E-state index contributed by atoms with van der Waals surface area (Å²) in [6.45, 7) is 21.4. The molecule has 266 valence electrons. The maximum absolute atomic E-state index is 14.4. The minimum Gasteiger partial charge on any atom is -0.478 e. The van der Waals surface area contributed by atoms with E-state index in [2.05, 4.69) is 59.5 Å². The number of rotatable bonds is 7. The fraction of sp³-hybridized carbons (Fsp3) is 0.698. The lowest BCUT2D eigenvalue weighted by atomic mass is 9.32. The lowest BCUT2D eigenvalue weighted by Gasteiger charge is -2.72. The molecule has 49 heavy (non-hydrogen) atoms. The first kappa shape index (κ1) is 34.6. The molecule has 6 nitrogen and oxygen atoms in total. The number of allylic oxidation sites excluding steroid dienone is 3. The van der Waals surface area contributed by atoms with Gasteiger partial charge in [-0.15, -0.1) is 0 Å². The largest absolute Gasteiger partial charge is 0.478 e. The molecule has 1 aliphatic heterocycles. The van der Waals surface area contributed by atoms with E-state index < -0.39 is 5.97 Å². The van der Waals surface area contributed by atoms with Crippen LogP contribution in [0.4, 0.5) is 0 Å². The highest BCUT2D eigenvalue weighted by atomic mass is 16.4. The quantitative estimate of drug-likeness (QED) is 0.285. The van der Waals surface area contributed by atoms with Gasteiger partial charge in [0.25, 0.3) is 0 Å². The molecule has 6 heteroatoms. The summed E-state index contributed by atoms with van der Waals surface area (Å²) >= 11 is 0. The summed E-state index contributed by atoms with van der Waals surface area (Å²) in [5.74, 6) is 1.93. The maximum atomic E-state index is 14.4. The normalized spacial score (nSPS) is 40.8. The number of carbonyl (C=O) groups excluding carboxylic acids is 2. The van der Waals surface area contributed by atoms with Gasteiger partial charge in [-0.3, -0.25) is 9.59 Å². The number of carboxylic acid groups (broad SMARTS) is 1. The molecule has 6 aliphatic rings. The van der Waals surface area contributed by atoms with E-state index in [4.69, 9.17) is 0 Å². The summed E-state index contributed by atoms with van der Waals surface area (Å²) in [6, 6.07) is 7.52. The van der Waals surface area contributed by atoms with Gasteiger partial charge in [0, 0.05) is 26.1 Å². The van der Waals surface area contributed by atoms with Crippen molar-refractivity contribution in [1.82, 2.24) is 10.2 Å². The molecule has 1 heterocycles. The number of hydrogen-bond acceptors (Lipinski definition) is 3. The van der Waals surface area contributed by atoms with Gasteiger partial charge in [0.05, 0.1) is 11.0 Å². The van der Waals surface area contributed by atoms with Crippen molar-refractivity contribution in [2.45, 2.75) is 112 Å². The molecule has 1 saturated heterocycles. The van der Waals surface area contributed by atoms with Gasteiger partial charge in [-0.2, -0.15) is 0 Å². The predicted octanol–water partition coefficient (Wildman–Crippen LogP) is 8.77. The van der Waals surface area contributed by atoms with Gasteiger partial charge >= 0.3 is 5.97 Å². The SMILES string of the molecule is C=C(C)C1CCC2(C(=O)NCCN3CCCC3=O)CCC3(C)C(CCC4C5(C)CC=C(c6ccc(C(=O)O)cc6)C(C)(C)C5CCC43C)C12. The third kappa shape index (κ3) is 4.95. The van der Waals surface area contributed by atoms with Crippen LogP contribution in [0.3, 0.4) is 0 Å². The smallest absolute Gasteiger partial charge is 0.335 e. The molecular weight excluding hydrogens is 608 g/mol. The van der Waals surface area contributed by atoms with Crippen molar-refractivity contribution in [1.29, 1.82) is 0 Å². The zero-order valence-electron chi connectivity index (χ0n) is 31.0. The Morgan fingerprint density at radius 1 is 0.939 bits per heavy atom. The number of likely N-dealkylation sites (tertiary alicyclic amines) is 1. The molecule has 0 radical (unpaired) electrons. The molecule has 2 N–H and O–H groups in total. The van der Waals surface area contributed by atoms with Gasteiger partial charge in [-0.25, -0.2) is 4.79 Å². The van der Waals surface area contributed by atoms with E-state index in [1.807, 2.05) is 17.0 Å². The van der Waals surface area contributed by atoms with Crippen LogP contribution >= 0.6 is 0 Å². The van der Waals surface area contributed by atoms with Crippen molar-refractivity contribution >= 4 is 23.4 Å². The van der Waals surface area contributed by atoms with Crippen LogP contribution < -0.4 is 5.32 Å². The molecular formula is C43H60N2O4. The standard InChI is InChI=1S/C43H60N2O4/c1-27(2)30-16-21-43(38(49)44-24-26-45-25-8-9-35(45)46)23-22-41(6)32(36(30)43)14-15-34-40(5)19-17-31(28-10-12-29(13-11-28)37(47)48)39(3,4)33(40)18-20-42(34,41)7/h10-13,17,30,32-34,36H,1,8-9,14-16,18-26H2,2-7H3,(H,44,49)(H,47,48). The zero-order chi connectivity index (χ0) is 35.1. The molecule has 9 unspecified atom stereocenters. The molecule has 5 fully saturated rings. The average molecular weight is 669 g/mol. The van der Waals surface area contributed by atoms with Crippen LogP contribution in [0.1, 0.15) is 128 Å². The number of amides is 2. The predicted molar refractivity (Wildman–Crippen MR) is 195 cm³/mol. The number of carboxylic acids is 1. The summed E-state index contributed by atoms with van der Waals surface area (Å²) in [6.07, 6.45) is 14.0. The Morgan fingerprint density at radius 3 is 2.33 bits per heavy atom. The molecule has 4 saturated carbocycles. The number of hydrogen-bond donors (Lipinski definition) is 2. The molecule has 7 rings (SSSR count). The van der Waals surface area contributed by atoms with Gasteiger partial charge in [0.1, 0.15) is 0 Å². The van der Waals surface area contributed by atoms with Crippen LogP contribution in [-0.4, -0.2) is 47.4 Å². The number of fused-ring (bicyclic) bond motifs is 7. The highest BCUT2D eigenvalue weighted by Gasteiger charge is 2.71. The molecule has 0 spiro atoms. The van der Waals surface area contributed by atoms with Crippen LogP contribution in [0.15, 0.2) is 42.5 Å². The van der Waals surface area contributed by atoms with Gasteiger partial charge in [-0.05, 0) is 146 Å². The van der Waals surface area contributed by atoms with E-state index in [9.17, 15) is 19.5 Å². The van der Waals surface area contributed by atoms with E-state index in [0.717, 1.165) is 50.6 Å². The third-order valence-corrected chi connectivity index (χ3v) is 16.4. The first-order valence-corrected chi connectivity index (χ1v) is 19.4. The third-order valence-electron chi connectivity index (χ3n) is 16.4. The monoisotopic (exact) mass is 668 g/mol.